The molecule has 1 rings (SSSR count). The maximum Gasteiger partial charge on any atom is 0.0655 e. The lowest BCUT2D eigenvalue weighted by Crippen LogP contribution is -2.48. The van der Waals surface area contributed by atoms with Crippen molar-refractivity contribution in [2.75, 3.05) is 20.3 Å². The first kappa shape index (κ1) is 14.9. The molecule has 0 aromatic heterocycles. The minimum atomic E-state index is -0.328. The molecule has 0 heterocycles. The molecule has 0 aromatic carbocycles. The topological polar surface area (TPSA) is 55.5 Å². The summed E-state index contributed by atoms with van der Waals surface area (Å²) in [6, 6.07) is 0. The van der Waals surface area contributed by atoms with Crippen LogP contribution in [0.5, 0.6) is 0 Å². The second kappa shape index (κ2) is 6.72. The van der Waals surface area contributed by atoms with E-state index in [1.165, 1.54) is 19.3 Å². The molecule has 1 aliphatic rings. The van der Waals surface area contributed by atoms with E-state index in [0.717, 1.165) is 18.8 Å². The van der Waals surface area contributed by atoms with Crippen LogP contribution in [-0.2, 0) is 4.74 Å². The Balaban J connectivity index is 2.63. The van der Waals surface area contributed by atoms with E-state index >= 15 is 0 Å². The zero-order valence-corrected chi connectivity index (χ0v) is 11.6. The minimum absolute atomic E-state index is 0.0659. The molecule has 1 fully saturated rings. The number of ether oxygens (including phenoxy) is 1. The van der Waals surface area contributed by atoms with E-state index in [9.17, 15) is 5.11 Å². The predicted molar refractivity (Wildman–Crippen MR) is 70.8 cm³/mol. The summed E-state index contributed by atoms with van der Waals surface area (Å²) in [5.74, 6) is 1.00. The van der Waals surface area contributed by atoms with Gasteiger partial charge in [-0.2, -0.15) is 0 Å². The lowest BCUT2D eigenvalue weighted by atomic mass is 9.64. The Morgan fingerprint density at radius 3 is 2.41 bits per heavy atom. The molecular weight excluding hydrogens is 214 g/mol. The normalized spacial score (nSPS) is 33.4. The summed E-state index contributed by atoms with van der Waals surface area (Å²) in [4.78, 5) is 0. The molecular formula is C14H29NO2. The number of hydrogen-bond acceptors (Lipinski definition) is 3. The Morgan fingerprint density at radius 1 is 1.41 bits per heavy atom. The second-order valence-electron chi connectivity index (χ2n) is 5.80. The summed E-state index contributed by atoms with van der Waals surface area (Å²) in [7, 11) is 1.69. The number of nitrogens with two attached hydrogens (primary N) is 1. The third-order valence-corrected chi connectivity index (χ3v) is 4.68. The molecule has 0 radical (unpaired) electrons. The summed E-state index contributed by atoms with van der Waals surface area (Å²) >= 11 is 0. The zero-order chi connectivity index (χ0) is 12.9. The standard InChI is InChI=1S/C14H29NO2/c1-4-12-5-7-14(10-15,8-6-12)13(16)11(2)9-17-3/h11-13,16H,4-10,15H2,1-3H3. The van der Waals surface area contributed by atoms with Gasteiger partial charge in [0.05, 0.1) is 12.7 Å². The number of rotatable bonds is 6. The van der Waals surface area contributed by atoms with Gasteiger partial charge >= 0.3 is 0 Å². The molecule has 0 bridgehead atoms. The summed E-state index contributed by atoms with van der Waals surface area (Å²) in [5, 5.41) is 10.5. The van der Waals surface area contributed by atoms with Gasteiger partial charge in [0.2, 0.25) is 0 Å². The van der Waals surface area contributed by atoms with Crippen LogP contribution in [0.2, 0.25) is 0 Å². The number of methoxy groups -OCH3 is 1. The summed E-state index contributed by atoms with van der Waals surface area (Å²) in [5.41, 5.74) is 5.89. The summed E-state index contributed by atoms with van der Waals surface area (Å²) < 4.78 is 5.15. The molecule has 0 aromatic rings. The Kier molecular flexibility index (Phi) is 5.90. The third kappa shape index (κ3) is 3.43. The van der Waals surface area contributed by atoms with Gasteiger partial charge in [-0.25, -0.2) is 0 Å². The molecule has 17 heavy (non-hydrogen) atoms. The van der Waals surface area contributed by atoms with E-state index in [-0.39, 0.29) is 17.4 Å². The monoisotopic (exact) mass is 243 g/mol. The van der Waals surface area contributed by atoms with Crippen LogP contribution in [0.3, 0.4) is 0 Å². The Bertz CT molecular complexity index is 212. The highest BCUT2D eigenvalue weighted by atomic mass is 16.5. The smallest absolute Gasteiger partial charge is 0.0655 e. The van der Waals surface area contributed by atoms with Crippen molar-refractivity contribution in [3.63, 3.8) is 0 Å². The molecule has 3 N–H and O–H groups in total. The Hall–Kier alpha value is -0.120. The highest BCUT2D eigenvalue weighted by Crippen LogP contribution is 2.43. The van der Waals surface area contributed by atoms with Gasteiger partial charge in [0, 0.05) is 25.0 Å². The van der Waals surface area contributed by atoms with Gasteiger partial charge in [-0.1, -0.05) is 20.3 Å². The average Bonchev–Trinajstić information content (AvgIpc) is 2.38. The lowest BCUT2D eigenvalue weighted by Gasteiger charge is -2.44. The van der Waals surface area contributed by atoms with Gasteiger partial charge in [0.1, 0.15) is 0 Å². The predicted octanol–water partition coefficient (Wildman–Crippen LogP) is 2.18. The average molecular weight is 243 g/mol. The van der Waals surface area contributed by atoms with Gasteiger partial charge in [0.25, 0.3) is 0 Å². The highest BCUT2D eigenvalue weighted by Gasteiger charge is 2.41. The third-order valence-electron chi connectivity index (χ3n) is 4.68. The van der Waals surface area contributed by atoms with E-state index < -0.39 is 0 Å². The van der Waals surface area contributed by atoms with E-state index in [1.54, 1.807) is 7.11 Å². The molecule has 3 heteroatoms. The quantitative estimate of drug-likeness (QED) is 0.752. The van der Waals surface area contributed by atoms with E-state index in [0.29, 0.717) is 13.2 Å². The van der Waals surface area contributed by atoms with E-state index in [4.69, 9.17) is 10.5 Å². The molecule has 2 atom stereocenters. The summed E-state index contributed by atoms with van der Waals surface area (Å²) in [6.07, 6.45) is 5.48. The van der Waals surface area contributed by atoms with Gasteiger partial charge in [-0.05, 0) is 31.6 Å². The van der Waals surface area contributed by atoms with Crippen molar-refractivity contribution < 1.29 is 9.84 Å². The fourth-order valence-corrected chi connectivity index (χ4v) is 3.24. The van der Waals surface area contributed by atoms with E-state index in [2.05, 4.69) is 13.8 Å². The number of aliphatic hydroxyl groups is 1. The fourth-order valence-electron chi connectivity index (χ4n) is 3.24. The number of hydrogen-bond donors (Lipinski definition) is 2. The van der Waals surface area contributed by atoms with Crippen molar-refractivity contribution in [1.82, 2.24) is 0 Å². The molecule has 0 saturated heterocycles. The van der Waals surface area contributed by atoms with Gasteiger partial charge in [0.15, 0.2) is 0 Å². The number of aliphatic hydroxyl groups excluding tert-OH is 1. The van der Waals surface area contributed by atoms with Crippen molar-refractivity contribution in [3.05, 3.63) is 0 Å². The molecule has 0 amide bonds. The van der Waals surface area contributed by atoms with Crippen molar-refractivity contribution in [2.45, 2.75) is 52.1 Å². The SMILES string of the molecule is CCC1CCC(CN)(C(O)C(C)COC)CC1. The van der Waals surface area contributed by atoms with Crippen LogP contribution in [0.15, 0.2) is 0 Å². The van der Waals surface area contributed by atoms with Crippen LogP contribution in [0, 0.1) is 17.3 Å². The molecule has 3 nitrogen and oxygen atoms in total. The van der Waals surface area contributed by atoms with Crippen LogP contribution in [-0.4, -0.2) is 31.5 Å². The second-order valence-corrected chi connectivity index (χ2v) is 5.80. The maximum atomic E-state index is 10.5. The lowest BCUT2D eigenvalue weighted by molar-refractivity contribution is -0.0573. The molecule has 102 valence electrons. The minimum Gasteiger partial charge on any atom is -0.392 e. The Labute approximate surface area is 106 Å². The first-order chi connectivity index (χ1) is 8.09. The first-order valence-electron chi connectivity index (χ1n) is 6.96. The van der Waals surface area contributed by atoms with Crippen molar-refractivity contribution in [3.8, 4) is 0 Å². The van der Waals surface area contributed by atoms with Crippen molar-refractivity contribution >= 4 is 0 Å². The van der Waals surface area contributed by atoms with Crippen LogP contribution < -0.4 is 5.73 Å². The molecule has 1 aliphatic carbocycles. The fraction of sp³-hybridized carbons (Fsp3) is 1.00. The zero-order valence-electron chi connectivity index (χ0n) is 11.6. The van der Waals surface area contributed by atoms with Crippen LogP contribution in [0.4, 0.5) is 0 Å². The van der Waals surface area contributed by atoms with Crippen LogP contribution >= 0.6 is 0 Å². The van der Waals surface area contributed by atoms with Gasteiger partial charge < -0.3 is 15.6 Å². The molecule has 2 unspecified atom stereocenters. The maximum absolute atomic E-state index is 10.5. The van der Waals surface area contributed by atoms with Crippen molar-refractivity contribution in [2.24, 2.45) is 23.0 Å². The highest BCUT2D eigenvalue weighted by molar-refractivity contribution is 4.93. The van der Waals surface area contributed by atoms with Crippen molar-refractivity contribution in [1.29, 1.82) is 0 Å². The van der Waals surface area contributed by atoms with Gasteiger partial charge in [-0.3, -0.25) is 0 Å². The first-order valence-corrected chi connectivity index (χ1v) is 6.96. The molecule has 1 saturated carbocycles. The van der Waals surface area contributed by atoms with Crippen LogP contribution in [0.1, 0.15) is 46.0 Å². The molecule has 0 aliphatic heterocycles. The summed E-state index contributed by atoms with van der Waals surface area (Å²) in [6.45, 7) is 5.51. The van der Waals surface area contributed by atoms with Crippen LogP contribution in [0.25, 0.3) is 0 Å². The Morgan fingerprint density at radius 2 is 2.00 bits per heavy atom. The van der Waals surface area contributed by atoms with Gasteiger partial charge in [-0.15, -0.1) is 0 Å². The molecule has 0 spiro atoms. The van der Waals surface area contributed by atoms with E-state index in [1.807, 2.05) is 0 Å². The largest absolute Gasteiger partial charge is 0.392 e.